The van der Waals surface area contributed by atoms with E-state index in [1.165, 1.54) is 6.07 Å². The lowest BCUT2D eigenvalue weighted by Crippen LogP contribution is -2.28. The minimum atomic E-state index is -0.364. The summed E-state index contributed by atoms with van der Waals surface area (Å²) in [7, 11) is 1.58. The summed E-state index contributed by atoms with van der Waals surface area (Å²) in [6, 6.07) is 13.7. The van der Waals surface area contributed by atoms with Crippen molar-refractivity contribution >= 4 is 22.5 Å². The van der Waals surface area contributed by atoms with E-state index in [1.54, 1.807) is 37.4 Å². The van der Waals surface area contributed by atoms with Crippen molar-refractivity contribution < 1.29 is 14.3 Å². The molecule has 0 aliphatic heterocycles. The summed E-state index contributed by atoms with van der Waals surface area (Å²) >= 11 is 0. The Kier molecular flexibility index (Phi) is 7.08. The summed E-state index contributed by atoms with van der Waals surface area (Å²) in [5.74, 6) is 0.781. The van der Waals surface area contributed by atoms with Crippen molar-refractivity contribution in [1.82, 2.24) is 9.88 Å². The SMILES string of the molecule is CCN(CC)CCOc1cc(NC(=O)c2cc(=O)[nH]c3ccccc23)ccc1OC. The number of likely N-dealkylation sites (N-methyl/N-ethyl adjacent to an activating group) is 1. The zero-order valence-electron chi connectivity index (χ0n) is 17.5. The second-order valence-corrected chi connectivity index (χ2v) is 6.79. The number of nitrogens with one attached hydrogen (secondary N) is 2. The normalized spacial score (nSPS) is 10.9. The van der Waals surface area contributed by atoms with Crippen LogP contribution in [0.5, 0.6) is 11.5 Å². The van der Waals surface area contributed by atoms with Gasteiger partial charge in [0.15, 0.2) is 11.5 Å². The van der Waals surface area contributed by atoms with Crippen LogP contribution in [0.4, 0.5) is 5.69 Å². The van der Waals surface area contributed by atoms with Crippen LogP contribution in [-0.4, -0.2) is 49.1 Å². The number of pyridine rings is 1. The summed E-state index contributed by atoms with van der Waals surface area (Å²) in [4.78, 5) is 29.8. The number of aromatic nitrogens is 1. The number of anilines is 1. The highest BCUT2D eigenvalue weighted by molar-refractivity contribution is 6.12. The predicted molar refractivity (Wildman–Crippen MR) is 119 cm³/mol. The first kappa shape index (κ1) is 21.4. The van der Waals surface area contributed by atoms with Crippen LogP contribution in [0.3, 0.4) is 0 Å². The number of para-hydroxylation sites is 1. The third-order valence-corrected chi connectivity index (χ3v) is 4.98. The minimum Gasteiger partial charge on any atom is -0.493 e. The van der Waals surface area contributed by atoms with Gasteiger partial charge in [0.1, 0.15) is 6.61 Å². The maximum Gasteiger partial charge on any atom is 0.256 e. The number of fused-ring (bicyclic) bond motifs is 1. The van der Waals surface area contributed by atoms with Gasteiger partial charge in [0.25, 0.3) is 5.91 Å². The van der Waals surface area contributed by atoms with Gasteiger partial charge < -0.3 is 24.7 Å². The van der Waals surface area contributed by atoms with Crippen molar-refractivity contribution in [3.05, 3.63) is 64.4 Å². The van der Waals surface area contributed by atoms with Crippen molar-refractivity contribution in [3.63, 3.8) is 0 Å². The van der Waals surface area contributed by atoms with Gasteiger partial charge in [-0.25, -0.2) is 0 Å². The number of hydrogen-bond donors (Lipinski definition) is 2. The second-order valence-electron chi connectivity index (χ2n) is 6.79. The number of hydrogen-bond acceptors (Lipinski definition) is 5. The van der Waals surface area contributed by atoms with Crippen LogP contribution in [0.2, 0.25) is 0 Å². The van der Waals surface area contributed by atoms with E-state index in [2.05, 4.69) is 29.0 Å². The first-order valence-electron chi connectivity index (χ1n) is 10.0. The summed E-state index contributed by atoms with van der Waals surface area (Å²) in [5.41, 5.74) is 1.16. The smallest absolute Gasteiger partial charge is 0.256 e. The molecule has 3 rings (SSSR count). The number of ether oxygens (including phenoxy) is 2. The third-order valence-electron chi connectivity index (χ3n) is 4.98. The summed E-state index contributed by atoms with van der Waals surface area (Å²) < 4.78 is 11.3. The Balaban J connectivity index is 1.80. The van der Waals surface area contributed by atoms with E-state index in [4.69, 9.17) is 9.47 Å². The molecule has 0 bridgehead atoms. The van der Waals surface area contributed by atoms with E-state index in [9.17, 15) is 9.59 Å². The molecule has 0 radical (unpaired) electrons. The largest absolute Gasteiger partial charge is 0.493 e. The van der Waals surface area contributed by atoms with E-state index in [-0.39, 0.29) is 11.5 Å². The van der Waals surface area contributed by atoms with E-state index in [0.29, 0.717) is 40.3 Å². The van der Waals surface area contributed by atoms with Crippen molar-refractivity contribution in [2.45, 2.75) is 13.8 Å². The van der Waals surface area contributed by atoms with Gasteiger partial charge in [0, 0.05) is 35.3 Å². The van der Waals surface area contributed by atoms with Crippen molar-refractivity contribution in [1.29, 1.82) is 0 Å². The van der Waals surface area contributed by atoms with Crippen LogP contribution in [0, 0.1) is 0 Å². The number of methoxy groups -OCH3 is 1. The van der Waals surface area contributed by atoms with Crippen LogP contribution < -0.4 is 20.3 Å². The standard InChI is InChI=1S/C23H27N3O4/c1-4-26(5-2)12-13-30-21-14-16(10-11-20(21)29-3)24-23(28)18-15-22(27)25-19-9-7-6-8-17(18)19/h6-11,14-15H,4-5,12-13H2,1-3H3,(H,24,28)(H,25,27). The first-order chi connectivity index (χ1) is 14.5. The van der Waals surface area contributed by atoms with Gasteiger partial charge in [0.05, 0.1) is 12.7 Å². The molecule has 30 heavy (non-hydrogen) atoms. The lowest BCUT2D eigenvalue weighted by atomic mass is 10.1. The number of aromatic amines is 1. The molecule has 2 N–H and O–H groups in total. The Morgan fingerprint density at radius 2 is 1.83 bits per heavy atom. The number of carbonyl (C=O) groups excluding carboxylic acids is 1. The zero-order valence-corrected chi connectivity index (χ0v) is 17.5. The lowest BCUT2D eigenvalue weighted by Gasteiger charge is -2.19. The van der Waals surface area contributed by atoms with E-state index < -0.39 is 0 Å². The third kappa shape index (κ3) is 4.99. The molecule has 0 aliphatic rings. The zero-order chi connectivity index (χ0) is 21.5. The molecule has 2 aromatic carbocycles. The van der Waals surface area contributed by atoms with Gasteiger partial charge in [0.2, 0.25) is 5.56 Å². The Morgan fingerprint density at radius 3 is 2.57 bits per heavy atom. The molecular formula is C23H27N3O4. The number of amides is 1. The summed E-state index contributed by atoms with van der Waals surface area (Å²) in [6.45, 7) is 7.44. The van der Waals surface area contributed by atoms with Crippen molar-refractivity contribution in [2.24, 2.45) is 0 Å². The van der Waals surface area contributed by atoms with E-state index >= 15 is 0 Å². The predicted octanol–water partition coefficient (Wildman–Crippen LogP) is 3.51. The number of H-pyrrole nitrogens is 1. The number of nitrogens with zero attached hydrogens (tertiary/aromatic N) is 1. The Hall–Kier alpha value is -3.32. The van der Waals surface area contributed by atoms with Crippen LogP contribution in [0.25, 0.3) is 10.9 Å². The van der Waals surface area contributed by atoms with Crippen LogP contribution in [-0.2, 0) is 0 Å². The van der Waals surface area contributed by atoms with Crippen molar-refractivity contribution in [2.75, 3.05) is 38.7 Å². The van der Waals surface area contributed by atoms with Crippen LogP contribution >= 0.6 is 0 Å². The molecule has 1 heterocycles. The quantitative estimate of drug-likeness (QED) is 0.565. The first-order valence-corrected chi connectivity index (χ1v) is 10.0. The highest BCUT2D eigenvalue weighted by Crippen LogP contribution is 2.30. The maximum absolute atomic E-state index is 12.9. The number of carbonyl (C=O) groups is 1. The minimum absolute atomic E-state index is 0.314. The molecule has 0 saturated heterocycles. The molecule has 158 valence electrons. The van der Waals surface area contributed by atoms with Gasteiger partial charge in [-0.2, -0.15) is 0 Å². The highest BCUT2D eigenvalue weighted by Gasteiger charge is 2.14. The van der Waals surface area contributed by atoms with Gasteiger partial charge in [-0.1, -0.05) is 32.0 Å². The van der Waals surface area contributed by atoms with Crippen LogP contribution in [0.1, 0.15) is 24.2 Å². The molecule has 1 aromatic heterocycles. The van der Waals surface area contributed by atoms with Gasteiger partial charge in [-0.05, 0) is 31.3 Å². The average Bonchev–Trinajstić information content (AvgIpc) is 2.76. The molecule has 0 saturated carbocycles. The molecule has 7 heteroatoms. The van der Waals surface area contributed by atoms with E-state index in [0.717, 1.165) is 19.6 Å². The highest BCUT2D eigenvalue weighted by atomic mass is 16.5. The van der Waals surface area contributed by atoms with E-state index in [1.807, 2.05) is 12.1 Å². The number of rotatable bonds is 9. The monoisotopic (exact) mass is 409 g/mol. The average molecular weight is 409 g/mol. The molecule has 7 nitrogen and oxygen atoms in total. The molecular weight excluding hydrogens is 382 g/mol. The van der Waals surface area contributed by atoms with Gasteiger partial charge in [-0.3, -0.25) is 9.59 Å². The molecule has 3 aromatic rings. The molecule has 0 atom stereocenters. The molecule has 0 unspecified atom stereocenters. The number of benzene rings is 2. The van der Waals surface area contributed by atoms with Gasteiger partial charge >= 0.3 is 0 Å². The van der Waals surface area contributed by atoms with Gasteiger partial charge in [-0.15, -0.1) is 0 Å². The van der Waals surface area contributed by atoms with Crippen molar-refractivity contribution in [3.8, 4) is 11.5 Å². The second kappa shape index (κ2) is 9.93. The fraction of sp³-hybridized carbons (Fsp3) is 0.304. The summed E-state index contributed by atoms with van der Waals surface area (Å²) in [5, 5.41) is 3.53. The molecule has 1 amide bonds. The molecule has 0 fully saturated rings. The Labute approximate surface area is 175 Å². The maximum atomic E-state index is 12.9. The summed E-state index contributed by atoms with van der Waals surface area (Å²) in [6.07, 6.45) is 0. The fourth-order valence-corrected chi connectivity index (χ4v) is 3.28. The fourth-order valence-electron chi connectivity index (χ4n) is 3.28. The lowest BCUT2D eigenvalue weighted by molar-refractivity contribution is 0.102. The molecule has 0 aliphatic carbocycles. The Bertz CT molecular complexity index is 1070. The molecule has 0 spiro atoms. The topological polar surface area (TPSA) is 83.7 Å². The Morgan fingerprint density at radius 1 is 1.07 bits per heavy atom. The van der Waals surface area contributed by atoms with Crippen LogP contribution in [0.15, 0.2) is 53.3 Å².